The van der Waals surface area contributed by atoms with Crippen LogP contribution in [0, 0.1) is 0 Å². The van der Waals surface area contributed by atoms with Gasteiger partial charge in [0, 0.05) is 12.1 Å². The van der Waals surface area contributed by atoms with Crippen LogP contribution in [-0.4, -0.2) is 38.5 Å². The fourth-order valence-corrected chi connectivity index (χ4v) is 3.60. The van der Waals surface area contributed by atoms with Crippen molar-refractivity contribution in [2.45, 2.75) is 56.9 Å². The topological polar surface area (TPSA) is 39.7 Å². The molecule has 2 bridgehead atoms. The van der Waals surface area contributed by atoms with E-state index >= 15 is 0 Å². The second-order valence-corrected chi connectivity index (χ2v) is 6.18. The Labute approximate surface area is 126 Å². The summed E-state index contributed by atoms with van der Waals surface area (Å²) in [6.07, 6.45) is 5.54. The molecule has 2 aliphatic heterocycles. The van der Waals surface area contributed by atoms with Crippen LogP contribution in [-0.2, 0) is 11.2 Å². The van der Waals surface area contributed by atoms with Crippen LogP contribution in [0.15, 0.2) is 18.2 Å². The summed E-state index contributed by atoms with van der Waals surface area (Å²) in [5, 5.41) is 3.73. The van der Waals surface area contributed by atoms with Gasteiger partial charge in [-0.25, -0.2) is 0 Å². The minimum atomic E-state index is 0.427. The second-order valence-electron chi connectivity index (χ2n) is 6.18. The first kappa shape index (κ1) is 14.7. The maximum atomic E-state index is 5.90. The van der Waals surface area contributed by atoms with E-state index in [4.69, 9.17) is 14.2 Å². The third kappa shape index (κ3) is 3.16. The van der Waals surface area contributed by atoms with Gasteiger partial charge in [0.15, 0.2) is 11.5 Å². The molecule has 2 fully saturated rings. The Hall–Kier alpha value is -1.26. The van der Waals surface area contributed by atoms with Gasteiger partial charge in [0.05, 0.1) is 26.4 Å². The molecule has 0 radical (unpaired) electrons. The predicted molar refractivity (Wildman–Crippen MR) is 82.1 cm³/mol. The zero-order valence-electron chi connectivity index (χ0n) is 13.1. The maximum Gasteiger partial charge on any atom is 0.160 e. The summed E-state index contributed by atoms with van der Waals surface area (Å²) in [7, 11) is 3.34. The molecule has 2 aliphatic rings. The van der Waals surface area contributed by atoms with Crippen LogP contribution < -0.4 is 14.8 Å². The lowest BCUT2D eigenvalue weighted by Crippen LogP contribution is -2.43. The molecule has 0 saturated carbocycles. The van der Waals surface area contributed by atoms with E-state index in [1.807, 2.05) is 6.07 Å². The number of hydrogen-bond donors (Lipinski definition) is 1. The summed E-state index contributed by atoms with van der Waals surface area (Å²) in [6.45, 7) is 2.24. The van der Waals surface area contributed by atoms with Gasteiger partial charge in [0.2, 0.25) is 0 Å². The molecule has 4 heteroatoms. The number of ether oxygens (including phenoxy) is 3. The fourth-order valence-electron chi connectivity index (χ4n) is 3.60. The van der Waals surface area contributed by atoms with Gasteiger partial charge >= 0.3 is 0 Å². The van der Waals surface area contributed by atoms with Crippen LogP contribution in [0.3, 0.4) is 0 Å². The van der Waals surface area contributed by atoms with E-state index in [9.17, 15) is 0 Å². The standard InChI is InChI=1S/C17H25NO3/c1-11(18-14-10-13-5-7-15(14)21-13)8-12-4-6-16(19-2)17(9-12)20-3/h4,6,9,11,13-15,18H,5,7-8,10H2,1-3H3. The molecule has 116 valence electrons. The van der Waals surface area contributed by atoms with Gasteiger partial charge in [-0.1, -0.05) is 6.07 Å². The van der Waals surface area contributed by atoms with Crippen LogP contribution in [0.2, 0.25) is 0 Å². The van der Waals surface area contributed by atoms with E-state index in [0.29, 0.717) is 24.3 Å². The molecule has 2 saturated heterocycles. The molecular formula is C17H25NO3. The number of rotatable bonds is 6. The zero-order chi connectivity index (χ0) is 14.8. The summed E-state index contributed by atoms with van der Waals surface area (Å²) in [4.78, 5) is 0. The van der Waals surface area contributed by atoms with Crippen molar-refractivity contribution in [2.75, 3.05) is 14.2 Å². The largest absolute Gasteiger partial charge is 0.493 e. The van der Waals surface area contributed by atoms with Crippen molar-refractivity contribution >= 4 is 0 Å². The smallest absolute Gasteiger partial charge is 0.160 e. The highest BCUT2D eigenvalue weighted by Gasteiger charge is 2.40. The molecule has 2 heterocycles. The van der Waals surface area contributed by atoms with E-state index in [1.54, 1.807) is 14.2 Å². The summed E-state index contributed by atoms with van der Waals surface area (Å²) in [5.41, 5.74) is 1.26. The van der Waals surface area contributed by atoms with Gasteiger partial charge in [0.25, 0.3) is 0 Å². The molecule has 0 amide bonds. The van der Waals surface area contributed by atoms with Gasteiger partial charge in [-0.05, 0) is 50.3 Å². The lowest BCUT2D eigenvalue weighted by molar-refractivity contribution is 0.0962. The quantitative estimate of drug-likeness (QED) is 0.874. The van der Waals surface area contributed by atoms with Crippen molar-refractivity contribution in [3.8, 4) is 11.5 Å². The molecule has 1 aromatic rings. The average molecular weight is 291 g/mol. The summed E-state index contributed by atoms with van der Waals surface area (Å²) < 4.78 is 16.6. The van der Waals surface area contributed by atoms with Gasteiger partial charge in [-0.15, -0.1) is 0 Å². The van der Waals surface area contributed by atoms with Crippen LogP contribution >= 0.6 is 0 Å². The van der Waals surface area contributed by atoms with E-state index in [-0.39, 0.29) is 0 Å². The minimum Gasteiger partial charge on any atom is -0.493 e. The average Bonchev–Trinajstić information content (AvgIpc) is 3.09. The first-order chi connectivity index (χ1) is 10.2. The molecule has 0 aliphatic carbocycles. The predicted octanol–water partition coefficient (Wildman–Crippen LogP) is 2.54. The highest BCUT2D eigenvalue weighted by atomic mass is 16.5. The Bertz CT molecular complexity index is 491. The van der Waals surface area contributed by atoms with Gasteiger partial charge in [-0.2, -0.15) is 0 Å². The van der Waals surface area contributed by atoms with Crippen molar-refractivity contribution in [1.82, 2.24) is 5.32 Å². The van der Waals surface area contributed by atoms with Gasteiger partial charge in [-0.3, -0.25) is 0 Å². The van der Waals surface area contributed by atoms with Crippen molar-refractivity contribution in [1.29, 1.82) is 0 Å². The monoisotopic (exact) mass is 291 g/mol. The van der Waals surface area contributed by atoms with Crippen LogP contribution in [0.25, 0.3) is 0 Å². The third-order valence-electron chi connectivity index (χ3n) is 4.59. The Morgan fingerprint density at radius 3 is 2.67 bits per heavy atom. The van der Waals surface area contributed by atoms with E-state index in [1.165, 1.54) is 24.8 Å². The summed E-state index contributed by atoms with van der Waals surface area (Å²) in [5.74, 6) is 1.58. The normalized spacial score (nSPS) is 28.6. The first-order valence-corrected chi connectivity index (χ1v) is 7.82. The number of methoxy groups -OCH3 is 2. The van der Waals surface area contributed by atoms with E-state index in [0.717, 1.165) is 17.9 Å². The molecule has 0 aromatic heterocycles. The molecule has 1 N–H and O–H groups in total. The second kappa shape index (κ2) is 6.24. The Morgan fingerprint density at radius 2 is 2.05 bits per heavy atom. The Kier molecular flexibility index (Phi) is 4.36. The van der Waals surface area contributed by atoms with Crippen LogP contribution in [0.4, 0.5) is 0 Å². The van der Waals surface area contributed by atoms with Gasteiger partial charge in [0.1, 0.15) is 0 Å². The highest BCUT2D eigenvalue weighted by molar-refractivity contribution is 5.43. The van der Waals surface area contributed by atoms with Crippen molar-refractivity contribution in [3.63, 3.8) is 0 Å². The molecule has 4 nitrogen and oxygen atoms in total. The Balaban J connectivity index is 1.58. The number of hydrogen-bond acceptors (Lipinski definition) is 4. The third-order valence-corrected chi connectivity index (χ3v) is 4.59. The number of fused-ring (bicyclic) bond motifs is 2. The number of nitrogens with one attached hydrogen (secondary N) is 1. The van der Waals surface area contributed by atoms with E-state index < -0.39 is 0 Å². The fraction of sp³-hybridized carbons (Fsp3) is 0.647. The lowest BCUT2D eigenvalue weighted by atomic mass is 9.94. The van der Waals surface area contributed by atoms with Gasteiger partial charge < -0.3 is 19.5 Å². The van der Waals surface area contributed by atoms with Crippen LogP contribution in [0.1, 0.15) is 31.7 Å². The van der Waals surface area contributed by atoms with E-state index in [2.05, 4.69) is 24.4 Å². The SMILES string of the molecule is COc1ccc(CC(C)NC2CC3CCC2O3)cc1OC. The number of benzene rings is 1. The molecule has 3 rings (SSSR count). The Morgan fingerprint density at radius 1 is 1.24 bits per heavy atom. The summed E-state index contributed by atoms with van der Waals surface area (Å²) in [6, 6.07) is 7.10. The molecule has 0 spiro atoms. The lowest BCUT2D eigenvalue weighted by Gasteiger charge is -2.24. The highest BCUT2D eigenvalue weighted by Crippen LogP contribution is 2.34. The molecule has 1 aromatic carbocycles. The van der Waals surface area contributed by atoms with Crippen molar-refractivity contribution in [3.05, 3.63) is 23.8 Å². The molecule has 4 atom stereocenters. The van der Waals surface area contributed by atoms with Crippen LogP contribution in [0.5, 0.6) is 11.5 Å². The molecule has 21 heavy (non-hydrogen) atoms. The van der Waals surface area contributed by atoms with Crippen molar-refractivity contribution in [2.24, 2.45) is 0 Å². The minimum absolute atomic E-state index is 0.427. The van der Waals surface area contributed by atoms with Crippen molar-refractivity contribution < 1.29 is 14.2 Å². The molecular weight excluding hydrogens is 266 g/mol. The zero-order valence-corrected chi connectivity index (χ0v) is 13.1. The molecule has 4 unspecified atom stereocenters. The summed E-state index contributed by atoms with van der Waals surface area (Å²) >= 11 is 0. The maximum absolute atomic E-state index is 5.90. The first-order valence-electron chi connectivity index (χ1n) is 7.82.